The van der Waals surface area contributed by atoms with Gasteiger partial charge in [0.25, 0.3) is 0 Å². The fourth-order valence-corrected chi connectivity index (χ4v) is 5.13. The summed E-state index contributed by atoms with van der Waals surface area (Å²) in [6.45, 7) is 3.29. The first kappa shape index (κ1) is 16.1. The van der Waals surface area contributed by atoms with Gasteiger partial charge in [-0.2, -0.15) is 0 Å². The number of H-pyrrole nitrogens is 1. The van der Waals surface area contributed by atoms with Gasteiger partial charge in [0, 0.05) is 35.8 Å². The van der Waals surface area contributed by atoms with E-state index >= 15 is 0 Å². The summed E-state index contributed by atoms with van der Waals surface area (Å²) in [5.41, 5.74) is 3.99. The Morgan fingerprint density at radius 3 is 2.73 bits per heavy atom. The van der Waals surface area contributed by atoms with Gasteiger partial charge in [0.05, 0.1) is 28.8 Å². The van der Waals surface area contributed by atoms with E-state index in [2.05, 4.69) is 20.9 Å². The minimum atomic E-state index is -0.312. The Hall–Kier alpha value is -2.15. The Bertz CT molecular complexity index is 1020. The molecule has 1 atom stereocenters. The molecule has 1 N–H and O–H groups in total. The molecule has 0 saturated carbocycles. The van der Waals surface area contributed by atoms with Gasteiger partial charge in [-0.05, 0) is 29.3 Å². The van der Waals surface area contributed by atoms with Crippen molar-refractivity contribution >= 4 is 27.9 Å². The van der Waals surface area contributed by atoms with Crippen molar-refractivity contribution in [2.45, 2.75) is 5.92 Å². The highest BCUT2D eigenvalue weighted by atomic mass is 35.5. The van der Waals surface area contributed by atoms with Gasteiger partial charge in [0.1, 0.15) is 0 Å². The molecule has 1 aliphatic carbocycles. The maximum atomic E-state index is 11.8. The Kier molecular flexibility index (Phi) is 3.85. The zero-order chi connectivity index (χ0) is 17.7. The van der Waals surface area contributed by atoms with E-state index in [0.717, 1.165) is 48.0 Å². The number of aromatic nitrogens is 2. The van der Waals surface area contributed by atoms with Gasteiger partial charge in [0.2, 0.25) is 0 Å². The van der Waals surface area contributed by atoms with E-state index < -0.39 is 0 Å². The van der Waals surface area contributed by atoms with Crippen LogP contribution in [0.4, 0.5) is 5.00 Å². The monoisotopic (exact) mass is 385 g/mol. The van der Waals surface area contributed by atoms with E-state index in [1.54, 1.807) is 17.5 Å². The SMILES string of the molecule is O=c1ncc2c([nH]1)-c1sc(N3CCOCC3)cc1C2c1ccc(Cl)cc1. The second-order valence-corrected chi connectivity index (χ2v) is 7.94. The summed E-state index contributed by atoms with van der Waals surface area (Å²) in [6.07, 6.45) is 1.70. The normalized spacial score (nSPS) is 18.7. The van der Waals surface area contributed by atoms with Crippen molar-refractivity contribution in [3.05, 3.63) is 68.7 Å². The molecule has 1 aromatic carbocycles. The number of ether oxygens (including phenoxy) is 1. The lowest BCUT2D eigenvalue weighted by Crippen LogP contribution is -2.35. The zero-order valence-electron chi connectivity index (χ0n) is 13.9. The number of halogens is 1. The quantitative estimate of drug-likeness (QED) is 0.574. The average Bonchev–Trinajstić information content (AvgIpc) is 3.21. The predicted molar refractivity (Wildman–Crippen MR) is 104 cm³/mol. The second kappa shape index (κ2) is 6.23. The van der Waals surface area contributed by atoms with Gasteiger partial charge in [-0.3, -0.25) is 0 Å². The third-order valence-electron chi connectivity index (χ3n) is 4.96. The first-order chi connectivity index (χ1) is 12.7. The summed E-state index contributed by atoms with van der Waals surface area (Å²) < 4.78 is 5.47. The van der Waals surface area contributed by atoms with E-state index in [0.29, 0.717) is 5.02 Å². The van der Waals surface area contributed by atoms with Gasteiger partial charge in [-0.15, -0.1) is 11.3 Å². The zero-order valence-corrected chi connectivity index (χ0v) is 15.4. The Labute approximate surface area is 159 Å². The maximum absolute atomic E-state index is 11.8. The van der Waals surface area contributed by atoms with Crippen LogP contribution < -0.4 is 10.6 Å². The van der Waals surface area contributed by atoms with Crippen molar-refractivity contribution in [3.8, 4) is 10.6 Å². The molecule has 132 valence electrons. The number of anilines is 1. The second-order valence-electron chi connectivity index (χ2n) is 6.47. The molecule has 5 rings (SSSR count). The first-order valence-electron chi connectivity index (χ1n) is 8.52. The van der Waals surface area contributed by atoms with Crippen LogP contribution in [0.3, 0.4) is 0 Å². The highest BCUT2D eigenvalue weighted by Crippen LogP contribution is 2.52. The number of rotatable bonds is 2. The Morgan fingerprint density at radius 1 is 1.19 bits per heavy atom. The number of benzene rings is 1. The van der Waals surface area contributed by atoms with Crippen LogP contribution >= 0.6 is 22.9 Å². The summed E-state index contributed by atoms with van der Waals surface area (Å²) in [5.74, 6) is 0.0626. The average molecular weight is 386 g/mol. The fraction of sp³-hybridized carbons (Fsp3) is 0.263. The molecule has 1 aliphatic heterocycles. The molecule has 0 radical (unpaired) electrons. The van der Waals surface area contributed by atoms with E-state index in [1.165, 1.54) is 10.6 Å². The van der Waals surface area contributed by atoms with Gasteiger partial charge in [-0.1, -0.05) is 23.7 Å². The first-order valence-corrected chi connectivity index (χ1v) is 9.71. The van der Waals surface area contributed by atoms with E-state index in [1.807, 2.05) is 24.3 Å². The summed E-state index contributed by atoms with van der Waals surface area (Å²) in [6, 6.07) is 10.2. The van der Waals surface area contributed by atoms with Crippen molar-refractivity contribution in [1.29, 1.82) is 0 Å². The molecule has 26 heavy (non-hydrogen) atoms. The van der Waals surface area contributed by atoms with Crippen molar-refractivity contribution < 1.29 is 4.74 Å². The molecule has 1 fully saturated rings. The molecule has 0 amide bonds. The molecular weight excluding hydrogens is 370 g/mol. The molecule has 1 unspecified atom stereocenters. The lowest BCUT2D eigenvalue weighted by Gasteiger charge is -2.27. The van der Waals surface area contributed by atoms with Gasteiger partial charge < -0.3 is 14.6 Å². The topological polar surface area (TPSA) is 58.2 Å². The molecule has 5 nitrogen and oxygen atoms in total. The third kappa shape index (κ3) is 2.57. The lowest BCUT2D eigenvalue weighted by atomic mass is 9.91. The van der Waals surface area contributed by atoms with Crippen LogP contribution in [0.1, 0.15) is 22.6 Å². The lowest BCUT2D eigenvalue weighted by molar-refractivity contribution is 0.123. The molecular formula is C19H16ClN3O2S. The van der Waals surface area contributed by atoms with Crippen LogP contribution in [0.25, 0.3) is 10.6 Å². The summed E-state index contributed by atoms with van der Waals surface area (Å²) >= 11 is 7.80. The van der Waals surface area contributed by atoms with E-state index in [-0.39, 0.29) is 11.6 Å². The number of nitrogens with one attached hydrogen (secondary N) is 1. The molecule has 3 aromatic rings. The smallest absolute Gasteiger partial charge is 0.345 e. The molecule has 0 bridgehead atoms. The standard InChI is InChI=1S/C19H16ClN3O2S/c20-12-3-1-11(2-4-12)16-13-9-15(23-5-7-25-8-6-23)26-18(13)17-14(16)10-21-19(24)22-17/h1-4,9-10,16H,5-8H2,(H,21,22,24). The number of hydrogen-bond donors (Lipinski definition) is 1. The van der Waals surface area contributed by atoms with Crippen molar-refractivity contribution in [3.63, 3.8) is 0 Å². The van der Waals surface area contributed by atoms with Crippen molar-refractivity contribution in [1.82, 2.24) is 9.97 Å². The molecule has 1 saturated heterocycles. The number of thiophene rings is 1. The summed E-state index contributed by atoms with van der Waals surface area (Å²) in [4.78, 5) is 22.2. The van der Waals surface area contributed by atoms with Crippen LogP contribution in [0.2, 0.25) is 5.02 Å². The fourth-order valence-electron chi connectivity index (χ4n) is 3.73. The van der Waals surface area contributed by atoms with Crippen molar-refractivity contribution in [2.24, 2.45) is 0 Å². The Morgan fingerprint density at radius 2 is 1.96 bits per heavy atom. The highest BCUT2D eigenvalue weighted by Gasteiger charge is 2.34. The summed E-state index contributed by atoms with van der Waals surface area (Å²) in [5, 5.41) is 1.94. The van der Waals surface area contributed by atoms with Crippen LogP contribution in [-0.2, 0) is 4.74 Å². The summed E-state index contributed by atoms with van der Waals surface area (Å²) in [7, 11) is 0. The predicted octanol–water partition coefficient (Wildman–Crippen LogP) is 3.48. The number of morpholine rings is 1. The molecule has 0 spiro atoms. The Balaban J connectivity index is 1.66. The number of fused-ring (bicyclic) bond motifs is 3. The van der Waals surface area contributed by atoms with E-state index in [4.69, 9.17) is 16.3 Å². The molecule has 7 heteroatoms. The molecule has 3 heterocycles. The van der Waals surface area contributed by atoms with Crippen molar-refractivity contribution in [2.75, 3.05) is 31.2 Å². The number of nitrogens with zero attached hydrogens (tertiary/aromatic N) is 2. The highest BCUT2D eigenvalue weighted by molar-refractivity contribution is 7.19. The van der Waals surface area contributed by atoms with Crippen LogP contribution in [0.5, 0.6) is 0 Å². The van der Waals surface area contributed by atoms with Gasteiger partial charge in [0.15, 0.2) is 0 Å². The van der Waals surface area contributed by atoms with Gasteiger partial charge >= 0.3 is 5.69 Å². The number of hydrogen-bond acceptors (Lipinski definition) is 5. The third-order valence-corrected chi connectivity index (χ3v) is 6.45. The molecule has 2 aromatic heterocycles. The van der Waals surface area contributed by atoms with Gasteiger partial charge in [-0.25, -0.2) is 9.78 Å². The number of aromatic amines is 1. The molecule has 2 aliphatic rings. The van der Waals surface area contributed by atoms with Crippen LogP contribution in [-0.4, -0.2) is 36.3 Å². The maximum Gasteiger partial charge on any atom is 0.345 e. The van der Waals surface area contributed by atoms with Crippen LogP contribution in [0.15, 0.2) is 41.3 Å². The van der Waals surface area contributed by atoms with Crippen LogP contribution in [0, 0.1) is 0 Å². The van der Waals surface area contributed by atoms with E-state index in [9.17, 15) is 4.79 Å². The largest absolute Gasteiger partial charge is 0.378 e. The minimum Gasteiger partial charge on any atom is -0.378 e. The minimum absolute atomic E-state index is 0.0626.